The number of amides is 2. The van der Waals surface area contributed by atoms with Crippen LogP contribution in [0.5, 0.6) is 0 Å². The molecule has 0 N–H and O–H groups in total. The SMILES string of the molecule is Cc1cc2cc3c(cc2cc1CN1C(=O)c2ccccc2C1=O)C(=O)OC3C#N. The lowest BCUT2D eigenvalue weighted by atomic mass is 9.96. The molecule has 3 aromatic rings. The molecule has 0 aromatic heterocycles. The van der Waals surface area contributed by atoms with Gasteiger partial charge in [0.15, 0.2) is 0 Å². The molecule has 0 radical (unpaired) electrons. The van der Waals surface area contributed by atoms with Crippen LogP contribution in [0.25, 0.3) is 10.8 Å². The van der Waals surface area contributed by atoms with Gasteiger partial charge in [-0.05, 0) is 59.2 Å². The lowest BCUT2D eigenvalue weighted by Crippen LogP contribution is -2.29. The fraction of sp³-hybridized carbons (Fsp3) is 0.130. The monoisotopic (exact) mass is 382 g/mol. The quantitative estimate of drug-likeness (QED) is 0.498. The van der Waals surface area contributed by atoms with Crippen molar-refractivity contribution < 1.29 is 19.1 Å². The highest BCUT2D eigenvalue weighted by atomic mass is 16.5. The number of nitriles is 1. The summed E-state index contributed by atoms with van der Waals surface area (Å²) in [5.74, 6) is -1.13. The van der Waals surface area contributed by atoms with E-state index in [0.717, 1.165) is 21.9 Å². The predicted octanol–water partition coefficient (Wildman–Crippen LogP) is 3.68. The summed E-state index contributed by atoms with van der Waals surface area (Å²) < 4.78 is 5.09. The van der Waals surface area contributed by atoms with Gasteiger partial charge in [0.25, 0.3) is 11.8 Å². The third kappa shape index (κ3) is 2.44. The number of carbonyl (C=O) groups excluding carboxylic acids is 3. The average Bonchev–Trinajstić information content (AvgIpc) is 3.16. The first kappa shape index (κ1) is 17.1. The molecule has 2 amide bonds. The summed E-state index contributed by atoms with van der Waals surface area (Å²) in [4.78, 5) is 38.6. The molecule has 0 fully saturated rings. The van der Waals surface area contributed by atoms with Gasteiger partial charge in [0.2, 0.25) is 6.10 Å². The maximum Gasteiger partial charge on any atom is 0.340 e. The number of esters is 1. The highest BCUT2D eigenvalue weighted by Crippen LogP contribution is 2.35. The first-order valence-corrected chi connectivity index (χ1v) is 9.11. The minimum atomic E-state index is -0.889. The van der Waals surface area contributed by atoms with E-state index in [-0.39, 0.29) is 18.4 Å². The number of fused-ring (bicyclic) bond motifs is 3. The second kappa shape index (κ2) is 6.01. The number of cyclic esters (lactones) is 1. The fourth-order valence-electron chi connectivity index (χ4n) is 3.98. The van der Waals surface area contributed by atoms with E-state index in [1.54, 1.807) is 36.4 Å². The van der Waals surface area contributed by atoms with Crippen molar-refractivity contribution >= 4 is 28.6 Å². The topological polar surface area (TPSA) is 87.5 Å². The molecule has 2 aliphatic rings. The fourth-order valence-corrected chi connectivity index (χ4v) is 3.98. The molecule has 0 saturated heterocycles. The van der Waals surface area contributed by atoms with E-state index in [9.17, 15) is 19.6 Å². The third-order valence-electron chi connectivity index (χ3n) is 5.51. The summed E-state index contributed by atoms with van der Waals surface area (Å²) in [5.41, 5.74) is 3.50. The van der Waals surface area contributed by atoms with Crippen molar-refractivity contribution in [2.75, 3.05) is 0 Å². The number of carbonyl (C=O) groups is 3. The Bertz CT molecular complexity index is 1270. The van der Waals surface area contributed by atoms with Crippen LogP contribution in [0.3, 0.4) is 0 Å². The molecule has 2 heterocycles. The second-order valence-electron chi connectivity index (χ2n) is 7.22. The summed E-state index contributed by atoms with van der Waals surface area (Å²) in [7, 11) is 0. The van der Waals surface area contributed by atoms with Crippen LogP contribution in [-0.4, -0.2) is 22.7 Å². The van der Waals surface area contributed by atoms with Gasteiger partial charge in [-0.2, -0.15) is 5.26 Å². The zero-order valence-electron chi connectivity index (χ0n) is 15.4. The lowest BCUT2D eigenvalue weighted by Gasteiger charge is -2.16. The summed E-state index contributed by atoms with van der Waals surface area (Å²) in [6, 6.07) is 16.1. The van der Waals surface area contributed by atoms with Crippen molar-refractivity contribution in [1.82, 2.24) is 4.90 Å². The molecule has 2 aliphatic heterocycles. The molecule has 1 atom stereocenters. The Kier molecular flexibility index (Phi) is 3.55. The number of hydrogen-bond donors (Lipinski definition) is 0. The van der Waals surface area contributed by atoms with Crippen LogP contribution in [-0.2, 0) is 11.3 Å². The number of nitrogens with zero attached hydrogens (tertiary/aromatic N) is 2. The Hall–Kier alpha value is -3.98. The van der Waals surface area contributed by atoms with Gasteiger partial charge in [-0.15, -0.1) is 0 Å². The van der Waals surface area contributed by atoms with Crippen LogP contribution in [0.15, 0.2) is 48.5 Å². The number of aryl methyl sites for hydroxylation is 1. The molecule has 3 aromatic carbocycles. The van der Waals surface area contributed by atoms with Gasteiger partial charge in [0.1, 0.15) is 6.07 Å². The van der Waals surface area contributed by atoms with Crippen molar-refractivity contribution in [3.63, 3.8) is 0 Å². The molecule has 0 aliphatic carbocycles. The average molecular weight is 382 g/mol. The number of ether oxygens (including phenoxy) is 1. The standard InChI is InChI=1S/C23H14N2O4/c1-12-6-13-8-18-19(23(28)29-20(18)10-24)9-14(13)7-15(12)11-25-21(26)16-4-2-3-5-17(16)22(25)27/h2-9,20H,11H2,1H3. The smallest absolute Gasteiger partial charge is 0.340 e. The van der Waals surface area contributed by atoms with Gasteiger partial charge in [-0.1, -0.05) is 18.2 Å². The third-order valence-corrected chi connectivity index (χ3v) is 5.51. The highest BCUT2D eigenvalue weighted by molar-refractivity contribution is 6.21. The Morgan fingerprint density at radius 1 is 0.966 bits per heavy atom. The van der Waals surface area contributed by atoms with Gasteiger partial charge < -0.3 is 4.74 Å². The molecule has 6 nitrogen and oxygen atoms in total. The van der Waals surface area contributed by atoms with Crippen LogP contribution in [0.4, 0.5) is 0 Å². The van der Waals surface area contributed by atoms with E-state index in [2.05, 4.69) is 0 Å². The Balaban J connectivity index is 1.56. The maximum absolute atomic E-state index is 12.7. The molecule has 0 spiro atoms. The summed E-state index contributed by atoms with van der Waals surface area (Å²) in [5, 5.41) is 10.8. The summed E-state index contributed by atoms with van der Waals surface area (Å²) >= 11 is 0. The van der Waals surface area contributed by atoms with Crippen molar-refractivity contribution in [3.05, 3.63) is 81.9 Å². The van der Waals surface area contributed by atoms with Crippen LogP contribution in [0.1, 0.15) is 53.9 Å². The van der Waals surface area contributed by atoms with Crippen LogP contribution < -0.4 is 0 Å². The zero-order chi connectivity index (χ0) is 20.3. The Morgan fingerprint density at radius 2 is 1.62 bits per heavy atom. The lowest BCUT2D eigenvalue weighted by molar-refractivity contribution is 0.0477. The van der Waals surface area contributed by atoms with Gasteiger partial charge in [-0.3, -0.25) is 14.5 Å². The first-order valence-electron chi connectivity index (χ1n) is 9.11. The van der Waals surface area contributed by atoms with E-state index in [1.807, 2.05) is 25.1 Å². The van der Waals surface area contributed by atoms with E-state index in [1.165, 1.54) is 4.90 Å². The minimum Gasteiger partial charge on any atom is -0.438 e. The second-order valence-corrected chi connectivity index (χ2v) is 7.22. The van der Waals surface area contributed by atoms with Crippen LogP contribution >= 0.6 is 0 Å². The molecule has 5 rings (SSSR count). The zero-order valence-corrected chi connectivity index (χ0v) is 15.4. The molecular weight excluding hydrogens is 368 g/mol. The van der Waals surface area contributed by atoms with Gasteiger partial charge in [0, 0.05) is 5.56 Å². The Labute approximate surface area is 165 Å². The number of hydrogen-bond acceptors (Lipinski definition) is 5. The molecular formula is C23H14N2O4. The minimum absolute atomic E-state index is 0.149. The predicted molar refractivity (Wildman–Crippen MR) is 103 cm³/mol. The normalized spacial score (nSPS) is 17.3. The number of benzene rings is 3. The van der Waals surface area contributed by atoms with Crippen LogP contribution in [0, 0.1) is 18.3 Å². The molecule has 29 heavy (non-hydrogen) atoms. The largest absolute Gasteiger partial charge is 0.438 e. The number of rotatable bonds is 2. The first-order chi connectivity index (χ1) is 14.0. The van der Waals surface area contributed by atoms with Crippen LogP contribution in [0.2, 0.25) is 0 Å². The van der Waals surface area contributed by atoms with Crippen molar-refractivity contribution in [1.29, 1.82) is 5.26 Å². The number of imide groups is 1. The molecule has 0 saturated carbocycles. The van der Waals surface area contributed by atoms with Crippen molar-refractivity contribution in [2.45, 2.75) is 19.6 Å². The summed E-state index contributed by atoms with van der Waals surface area (Å²) in [6.07, 6.45) is -0.889. The van der Waals surface area contributed by atoms with E-state index >= 15 is 0 Å². The van der Waals surface area contributed by atoms with E-state index in [4.69, 9.17) is 4.74 Å². The van der Waals surface area contributed by atoms with Gasteiger partial charge in [0.05, 0.1) is 23.2 Å². The van der Waals surface area contributed by atoms with Crippen molar-refractivity contribution in [2.24, 2.45) is 0 Å². The van der Waals surface area contributed by atoms with Crippen molar-refractivity contribution in [3.8, 4) is 6.07 Å². The van der Waals surface area contributed by atoms with E-state index in [0.29, 0.717) is 22.3 Å². The molecule has 6 heteroatoms. The van der Waals surface area contributed by atoms with Gasteiger partial charge >= 0.3 is 5.97 Å². The summed E-state index contributed by atoms with van der Waals surface area (Å²) in [6.45, 7) is 2.06. The maximum atomic E-state index is 12.7. The van der Waals surface area contributed by atoms with Gasteiger partial charge in [-0.25, -0.2) is 4.79 Å². The highest BCUT2D eigenvalue weighted by Gasteiger charge is 2.35. The molecule has 0 bridgehead atoms. The van der Waals surface area contributed by atoms with E-state index < -0.39 is 12.1 Å². The Morgan fingerprint density at radius 3 is 2.28 bits per heavy atom. The molecule has 1 unspecified atom stereocenters. The molecule has 140 valence electrons.